The fraction of sp³-hybridized carbons (Fsp3) is 0.826. The Hall–Kier alpha value is -2.12. The van der Waals surface area contributed by atoms with Gasteiger partial charge in [-0.05, 0) is 69.1 Å². The van der Waals surface area contributed by atoms with E-state index in [0.717, 1.165) is 44.9 Å². The molecule has 5 rings (SSSR count). The van der Waals surface area contributed by atoms with Gasteiger partial charge in [0.15, 0.2) is 6.61 Å². The van der Waals surface area contributed by atoms with E-state index < -0.39 is 24.5 Å². The molecule has 8 nitrogen and oxygen atoms in total. The quantitative estimate of drug-likeness (QED) is 0.534. The molecule has 0 heterocycles. The Labute approximate surface area is 183 Å². The van der Waals surface area contributed by atoms with Gasteiger partial charge < -0.3 is 15.4 Å². The van der Waals surface area contributed by atoms with Crippen LogP contribution in [0.25, 0.3) is 0 Å². The average Bonchev–Trinajstić information content (AvgIpc) is 2.72. The zero-order valence-electron chi connectivity index (χ0n) is 18.3. The van der Waals surface area contributed by atoms with Crippen molar-refractivity contribution in [2.24, 2.45) is 23.2 Å². The summed E-state index contributed by atoms with van der Waals surface area (Å²) >= 11 is 0. The number of carbonyl (C=O) groups excluding carboxylic acids is 4. The van der Waals surface area contributed by atoms with E-state index in [-0.39, 0.29) is 30.3 Å². The Morgan fingerprint density at radius 1 is 0.871 bits per heavy atom. The van der Waals surface area contributed by atoms with E-state index in [1.165, 1.54) is 25.7 Å². The number of imide groups is 1. The summed E-state index contributed by atoms with van der Waals surface area (Å²) in [5.41, 5.74) is -0.232. The van der Waals surface area contributed by atoms with Crippen molar-refractivity contribution in [1.29, 1.82) is 0 Å². The van der Waals surface area contributed by atoms with Crippen LogP contribution in [0.2, 0.25) is 0 Å². The molecule has 0 aromatic heterocycles. The molecule has 0 aromatic carbocycles. The summed E-state index contributed by atoms with van der Waals surface area (Å²) in [7, 11) is 0. The van der Waals surface area contributed by atoms with Gasteiger partial charge in [0.1, 0.15) is 0 Å². The summed E-state index contributed by atoms with van der Waals surface area (Å²) in [5, 5.41) is 7.91. The highest BCUT2D eigenvalue weighted by atomic mass is 16.5. The Bertz CT molecular complexity index is 681. The molecular formula is C23H35N3O5. The van der Waals surface area contributed by atoms with Crippen molar-refractivity contribution in [3.8, 4) is 0 Å². The summed E-state index contributed by atoms with van der Waals surface area (Å²) < 4.78 is 4.94. The maximum Gasteiger partial charge on any atom is 0.321 e. The van der Waals surface area contributed by atoms with Crippen LogP contribution < -0.4 is 16.0 Å². The molecule has 172 valence electrons. The lowest BCUT2D eigenvalue weighted by Crippen LogP contribution is -2.53. The van der Waals surface area contributed by atoms with Gasteiger partial charge in [-0.2, -0.15) is 0 Å². The zero-order valence-corrected chi connectivity index (χ0v) is 18.3. The predicted molar refractivity (Wildman–Crippen MR) is 113 cm³/mol. The lowest BCUT2D eigenvalue weighted by Gasteiger charge is -2.55. The molecule has 5 saturated carbocycles. The molecule has 0 radical (unpaired) electrons. The SMILES string of the molecule is O=C(COC(=O)CCNC(=O)C12CC3CC(CC(C3)C1)C2)NC(=O)NC1CCCCC1. The summed E-state index contributed by atoms with van der Waals surface area (Å²) in [6.07, 6.45) is 12.0. The largest absolute Gasteiger partial charge is 0.456 e. The first-order valence-corrected chi connectivity index (χ1v) is 12.0. The fourth-order valence-electron chi connectivity index (χ4n) is 6.70. The predicted octanol–water partition coefficient (Wildman–Crippen LogP) is 2.41. The lowest BCUT2D eigenvalue weighted by atomic mass is 9.49. The maximum atomic E-state index is 12.9. The molecular weight excluding hydrogens is 398 g/mol. The van der Waals surface area contributed by atoms with E-state index in [1.807, 2.05) is 0 Å². The van der Waals surface area contributed by atoms with Crippen LogP contribution in [0.4, 0.5) is 4.79 Å². The van der Waals surface area contributed by atoms with Gasteiger partial charge in [0.2, 0.25) is 5.91 Å². The van der Waals surface area contributed by atoms with Crippen molar-refractivity contribution in [2.75, 3.05) is 13.2 Å². The summed E-state index contributed by atoms with van der Waals surface area (Å²) in [6, 6.07) is -0.447. The minimum atomic E-state index is -0.653. The molecule has 4 amide bonds. The Kier molecular flexibility index (Phi) is 6.82. The van der Waals surface area contributed by atoms with Crippen LogP contribution in [0.3, 0.4) is 0 Å². The van der Waals surface area contributed by atoms with Crippen molar-refractivity contribution >= 4 is 23.8 Å². The highest BCUT2D eigenvalue weighted by Gasteiger charge is 2.54. The van der Waals surface area contributed by atoms with Crippen LogP contribution in [0.1, 0.15) is 77.0 Å². The van der Waals surface area contributed by atoms with Crippen LogP contribution in [0.5, 0.6) is 0 Å². The number of carbonyl (C=O) groups is 4. The fourth-order valence-corrected chi connectivity index (χ4v) is 6.70. The van der Waals surface area contributed by atoms with Gasteiger partial charge in [-0.25, -0.2) is 4.79 Å². The molecule has 5 aliphatic carbocycles. The second kappa shape index (κ2) is 9.57. The van der Waals surface area contributed by atoms with Crippen molar-refractivity contribution in [2.45, 2.75) is 83.1 Å². The van der Waals surface area contributed by atoms with Gasteiger partial charge in [-0.1, -0.05) is 19.3 Å². The molecule has 0 saturated heterocycles. The van der Waals surface area contributed by atoms with E-state index >= 15 is 0 Å². The number of hydrogen-bond donors (Lipinski definition) is 3. The number of urea groups is 1. The zero-order chi connectivity index (χ0) is 21.8. The standard InChI is InChI=1S/C23H35N3O5/c27-19(26-22(30)25-18-4-2-1-3-5-18)14-31-20(28)6-7-24-21(29)23-11-15-8-16(12-23)10-17(9-15)13-23/h15-18H,1-14H2,(H,24,29)(H2,25,26,27,30). The number of hydrogen-bond acceptors (Lipinski definition) is 5. The van der Waals surface area contributed by atoms with E-state index in [4.69, 9.17) is 4.74 Å². The Morgan fingerprint density at radius 3 is 2.10 bits per heavy atom. The highest BCUT2D eigenvalue weighted by molar-refractivity contribution is 5.95. The van der Waals surface area contributed by atoms with E-state index in [0.29, 0.717) is 17.8 Å². The molecule has 5 aliphatic rings. The minimum Gasteiger partial charge on any atom is -0.456 e. The second-order valence-electron chi connectivity index (χ2n) is 10.2. The number of ether oxygens (including phenoxy) is 1. The van der Waals surface area contributed by atoms with Gasteiger partial charge in [0.05, 0.1) is 6.42 Å². The van der Waals surface area contributed by atoms with Crippen molar-refractivity contribution < 1.29 is 23.9 Å². The van der Waals surface area contributed by atoms with Gasteiger partial charge in [0.25, 0.3) is 5.91 Å². The van der Waals surface area contributed by atoms with Crippen LogP contribution in [-0.2, 0) is 19.1 Å². The lowest BCUT2D eigenvalue weighted by molar-refractivity contribution is -0.149. The first kappa shape index (κ1) is 22.1. The van der Waals surface area contributed by atoms with Crippen molar-refractivity contribution in [3.63, 3.8) is 0 Å². The van der Waals surface area contributed by atoms with Gasteiger partial charge >= 0.3 is 12.0 Å². The Morgan fingerprint density at radius 2 is 1.48 bits per heavy atom. The van der Waals surface area contributed by atoms with Crippen LogP contribution in [0, 0.1) is 23.2 Å². The number of esters is 1. The number of nitrogens with one attached hydrogen (secondary N) is 3. The van der Waals surface area contributed by atoms with E-state index in [9.17, 15) is 19.2 Å². The molecule has 0 aromatic rings. The molecule has 0 atom stereocenters. The van der Waals surface area contributed by atoms with Crippen molar-refractivity contribution in [3.05, 3.63) is 0 Å². The topological polar surface area (TPSA) is 114 Å². The normalized spacial score (nSPS) is 31.7. The molecule has 31 heavy (non-hydrogen) atoms. The average molecular weight is 434 g/mol. The van der Waals surface area contributed by atoms with Gasteiger partial charge in [-0.3, -0.25) is 19.7 Å². The highest BCUT2D eigenvalue weighted by Crippen LogP contribution is 2.60. The van der Waals surface area contributed by atoms with Crippen LogP contribution in [0.15, 0.2) is 0 Å². The molecule has 0 aliphatic heterocycles. The molecule has 5 fully saturated rings. The maximum absolute atomic E-state index is 12.9. The first-order valence-electron chi connectivity index (χ1n) is 12.0. The third-order valence-corrected chi connectivity index (χ3v) is 7.69. The molecule has 8 heteroatoms. The monoisotopic (exact) mass is 433 g/mol. The number of rotatable bonds is 7. The van der Waals surface area contributed by atoms with Gasteiger partial charge in [0, 0.05) is 18.0 Å². The van der Waals surface area contributed by atoms with Crippen LogP contribution in [-0.4, -0.2) is 43.0 Å². The van der Waals surface area contributed by atoms with E-state index in [2.05, 4.69) is 16.0 Å². The number of amides is 4. The summed E-state index contributed by atoms with van der Waals surface area (Å²) in [5.74, 6) is 0.937. The van der Waals surface area contributed by atoms with Crippen molar-refractivity contribution in [1.82, 2.24) is 16.0 Å². The molecule has 0 spiro atoms. The molecule has 0 unspecified atom stereocenters. The van der Waals surface area contributed by atoms with Gasteiger partial charge in [-0.15, -0.1) is 0 Å². The summed E-state index contributed by atoms with van der Waals surface area (Å²) in [6.45, 7) is -0.289. The second-order valence-corrected chi connectivity index (χ2v) is 10.2. The van der Waals surface area contributed by atoms with E-state index in [1.54, 1.807) is 0 Å². The summed E-state index contributed by atoms with van der Waals surface area (Å²) in [4.78, 5) is 48.5. The first-order chi connectivity index (χ1) is 14.9. The molecule has 4 bridgehead atoms. The Balaban J connectivity index is 1.10. The third kappa shape index (κ3) is 5.57. The third-order valence-electron chi connectivity index (χ3n) is 7.69. The van der Waals surface area contributed by atoms with Crippen LogP contribution >= 0.6 is 0 Å². The smallest absolute Gasteiger partial charge is 0.321 e. The minimum absolute atomic E-state index is 0.0135. The molecule has 3 N–H and O–H groups in total.